The summed E-state index contributed by atoms with van der Waals surface area (Å²) < 4.78 is 0. The van der Waals surface area contributed by atoms with Crippen molar-refractivity contribution in [3.63, 3.8) is 0 Å². The van der Waals surface area contributed by atoms with Crippen LogP contribution in [0.5, 0.6) is 0 Å². The molecule has 0 saturated heterocycles. The van der Waals surface area contributed by atoms with E-state index in [2.05, 4.69) is 10.2 Å². The summed E-state index contributed by atoms with van der Waals surface area (Å²) in [5.74, 6) is 0. The molecule has 94 valence electrons. The predicted octanol–water partition coefficient (Wildman–Crippen LogP) is 4.00. The zero-order valence-corrected chi connectivity index (χ0v) is 10.8. The van der Waals surface area contributed by atoms with E-state index in [1.165, 1.54) is 0 Å². The van der Waals surface area contributed by atoms with Crippen LogP contribution in [0.15, 0.2) is 52.7 Å². The standard InChI is InChI=1S/C13H14N4.ClH/c1-9-11(14)7-8-12(13(9)15)17-16-10-5-3-2-4-6-10;/h2-8H,14-15H2,1H3;1H. The lowest BCUT2D eigenvalue weighted by molar-refractivity contribution is 1.23. The first kappa shape index (κ1) is 14.0. The molecule has 0 aliphatic carbocycles. The minimum absolute atomic E-state index is 0. The molecule has 0 aromatic heterocycles. The lowest BCUT2D eigenvalue weighted by atomic mass is 10.1. The molecule has 0 bridgehead atoms. The summed E-state index contributed by atoms with van der Waals surface area (Å²) in [5.41, 5.74) is 15.2. The summed E-state index contributed by atoms with van der Waals surface area (Å²) in [4.78, 5) is 0. The molecule has 2 aromatic carbocycles. The highest BCUT2D eigenvalue weighted by molar-refractivity contribution is 5.85. The molecule has 0 aliphatic rings. The van der Waals surface area contributed by atoms with Crippen LogP contribution in [0.2, 0.25) is 0 Å². The maximum atomic E-state index is 5.91. The van der Waals surface area contributed by atoms with Gasteiger partial charge in [-0.25, -0.2) is 0 Å². The highest BCUT2D eigenvalue weighted by atomic mass is 35.5. The number of rotatable bonds is 2. The fourth-order valence-electron chi connectivity index (χ4n) is 1.42. The Labute approximate surface area is 112 Å². The highest BCUT2D eigenvalue weighted by Crippen LogP contribution is 2.30. The maximum Gasteiger partial charge on any atom is 0.109 e. The summed E-state index contributed by atoms with van der Waals surface area (Å²) >= 11 is 0. The van der Waals surface area contributed by atoms with Crippen molar-refractivity contribution in [1.82, 2.24) is 0 Å². The summed E-state index contributed by atoms with van der Waals surface area (Å²) in [6, 6.07) is 13.1. The minimum Gasteiger partial charge on any atom is -0.398 e. The molecule has 18 heavy (non-hydrogen) atoms. The molecule has 0 aliphatic heterocycles. The Morgan fingerprint density at radius 3 is 2.22 bits per heavy atom. The molecule has 0 saturated carbocycles. The molecule has 2 aromatic rings. The van der Waals surface area contributed by atoms with E-state index in [9.17, 15) is 0 Å². The van der Waals surface area contributed by atoms with Crippen LogP contribution >= 0.6 is 12.4 Å². The van der Waals surface area contributed by atoms with E-state index in [1.54, 1.807) is 12.1 Å². The largest absolute Gasteiger partial charge is 0.398 e. The van der Waals surface area contributed by atoms with Gasteiger partial charge in [0.2, 0.25) is 0 Å². The van der Waals surface area contributed by atoms with Crippen molar-refractivity contribution in [3.8, 4) is 0 Å². The molecule has 0 spiro atoms. The number of benzene rings is 2. The fraction of sp³-hybridized carbons (Fsp3) is 0.0769. The van der Waals surface area contributed by atoms with Crippen LogP contribution in [0.4, 0.5) is 22.7 Å². The van der Waals surface area contributed by atoms with Crippen LogP contribution in [0.25, 0.3) is 0 Å². The van der Waals surface area contributed by atoms with E-state index in [0.29, 0.717) is 17.1 Å². The van der Waals surface area contributed by atoms with Gasteiger partial charge in [-0.1, -0.05) is 18.2 Å². The van der Waals surface area contributed by atoms with Crippen LogP contribution < -0.4 is 11.5 Å². The topological polar surface area (TPSA) is 76.8 Å². The number of hydrogen-bond acceptors (Lipinski definition) is 4. The number of hydrogen-bond donors (Lipinski definition) is 2. The van der Waals surface area contributed by atoms with E-state index >= 15 is 0 Å². The Bertz CT molecular complexity index is 552. The summed E-state index contributed by atoms with van der Waals surface area (Å²) in [6.07, 6.45) is 0. The smallest absolute Gasteiger partial charge is 0.109 e. The second kappa shape index (κ2) is 6.02. The van der Waals surface area contributed by atoms with E-state index in [0.717, 1.165) is 11.3 Å². The third-order valence-corrected chi connectivity index (χ3v) is 2.56. The quantitative estimate of drug-likeness (QED) is 0.634. The third kappa shape index (κ3) is 2.99. The Kier molecular flexibility index (Phi) is 4.68. The lowest BCUT2D eigenvalue weighted by Gasteiger charge is -2.05. The Balaban J connectivity index is 0.00000162. The van der Waals surface area contributed by atoms with Gasteiger partial charge in [0.1, 0.15) is 5.69 Å². The molecule has 4 nitrogen and oxygen atoms in total. The van der Waals surface area contributed by atoms with Gasteiger partial charge in [-0.2, -0.15) is 5.11 Å². The van der Waals surface area contributed by atoms with Crippen molar-refractivity contribution in [2.45, 2.75) is 6.92 Å². The number of halogens is 1. The predicted molar refractivity (Wildman–Crippen MR) is 77.9 cm³/mol. The molecule has 0 atom stereocenters. The van der Waals surface area contributed by atoms with Gasteiger partial charge in [0.15, 0.2) is 0 Å². The second-order valence-electron chi connectivity index (χ2n) is 3.75. The van der Waals surface area contributed by atoms with Gasteiger partial charge in [-0.15, -0.1) is 17.5 Å². The number of anilines is 2. The average Bonchev–Trinajstić information content (AvgIpc) is 2.36. The fourth-order valence-corrected chi connectivity index (χ4v) is 1.42. The monoisotopic (exact) mass is 262 g/mol. The number of azo groups is 1. The molecule has 2 rings (SSSR count). The van der Waals surface area contributed by atoms with Crippen molar-refractivity contribution in [3.05, 3.63) is 48.0 Å². The van der Waals surface area contributed by atoms with Gasteiger partial charge in [0, 0.05) is 5.69 Å². The van der Waals surface area contributed by atoms with E-state index < -0.39 is 0 Å². The van der Waals surface area contributed by atoms with E-state index in [1.807, 2.05) is 37.3 Å². The Morgan fingerprint density at radius 1 is 0.889 bits per heavy atom. The third-order valence-electron chi connectivity index (χ3n) is 2.56. The molecule has 0 radical (unpaired) electrons. The average molecular weight is 263 g/mol. The molecule has 5 heteroatoms. The first-order valence-corrected chi connectivity index (χ1v) is 5.30. The van der Waals surface area contributed by atoms with Crippen LogP contribution in [0.3, 0.4) is 0 Å². The van der Waals surface area contributed by atoms with Crippen LogP contribution in [0, 0.1) is 6.92 Å². The van der Waals surface area contributed by atoms with Crippen molar-refractivity contribution >= 4 is 35.2 Å². The summed E-state index contributed by atoms with van der Waals surface area (Å²) in [6.45, 7) is 1.87. The van der Waals surface area contributed by atoms with Crippen LogP contribution in [0.1, 0.15) is 5.56 Å². The molecule has 0 amide bonds. The molecular formula is C13H15ClN4. The molecule has 4 N–H and O–H groups in total. The Hall–Kier alpha value is -2.07. The number of nitrogen functional groups attached to an aromatic ring is 2. The SMILES string of the molecule is Cc1c(N)ccc(N=Nc2ccccc2)c1N.Cl. The highest BCUT2D eigenvalue weighted by Gasteiger charge is 2.03. The van der Waals surface area contributed by atoms with Gasteiger partial charge >= 0.3 is 0 Å². The minimum atomic E-state index is 0. The van der Waals surface area contributed by atoms with Gasteiger partial charge in [0.05, 0.1) is 11.4 Å². The van der Waals surface area contributed by atoms with E-state index in [4.69, 9.17) is 11.5 Å². The van der Waals surface area contributed by atoms with Crippen molar-refractivity contribution in [2.24, 2.45) is 10.2 Å². The van der Waals surface area contributed by atoms with Crippen molar-refractivity contribution in [1.29, 1.82) is 0 Å². The first-order valence-electron chi connectivity index (χ1n) is 5.30. The molecule has 0 unspecified atom stereocenters. The normalized spacial score (nSPS) is 10.3. The zero-order chi connectivity index (χ0) is 12.3. The van der Waals surface area contributed by atoms with Crippen LogP contribution in [-0.4, -0.2) is 0 Å². The molecule has 0 heterocycles. The van der Waals surface area contributed by atoms with Crippen molar-refractivity contribution in [2.75, 3.05) is 11.5 Å². The first-order chi connectivity index (χ1) is 8.18. The molecular weight excluding hydrogens is 248 g/mol. The van der Waals surface area contributed by atoms with Gasteiger partial charge < -0.3 is 11.5 Å². The summed E-state index contributed by atoms with van der Waals surface area (Å²) in [5, 5.41) is 8.23. The number of nitrogens with zero attached hydrogens (tertiary/aromatic N) is 2. The van der Waals surface area contributed by atoms with Gasteiger partial charge in [-0.05, 0) is 36.8 Å². The maximum absolute atomic E-state index is 5.91. The van der Waals surface area contributed by atoms with Crippen LogP contribution in [-0.2, 0) is 0 Å². The van der Waals surface area contributed by atoms with Gasteiger partial charge in [0.25, 0.3) is 0 Å². The molecule has 0 fully saturated rings. The lowest BCUT2D eigenvalue weighted by Crippen LogP contribution is -1.95. The Morgan fingerprint density at radius 2 is 1.56 bits per heavy atom. The summed E-state index contributed by atoms with van der Waals surface area (Å²) in [7, 11) is 0. The van der Waals surface area contributed by atoms with E-state index in [-0.39, 0.29) is 12.4 Å². The van der Waals surface area contributed by atoms with Gasteiger partial charge in [-0.3, -0.25) is 0 Å². The second-order valence-corrected chi connectivity index (χ2v) is 3.75. The zero-order valence-electron chi connectivity index (χ0n) is 10.00. The van der Waals surface area contributed by atoms with Crippen molar-refractivity contribution < 1.29 is 0 Å². The number of nitrogens with two attached hydrogens (primary N) is 2.